The number of hydrogen-bond acceptors (Lipinski definition) is 6. The van der Waals surface area contributed by atoms with E-state index in [1.54, 1.807) is 24.0 Å². The van der Waals surface area contributed by atoms with Gasteiger partial charge in [0.25, 0.3) is 0 Å². The van der Waals surface area contributed by atoms with Crippen LogP contribution in [0.1, 0.15) is 23.9 Å². The summed E-state index contributed by atoms with van der Waals surface area (Å²) in [6, 6.07) is 5.37. The van der Waals surface area contributed by atoms with E-state index in [1.165, 1.54) is 10.9 Å². The van der Waals surface area contributed by atoms with Gasteiger partial charge < -0.3 is 10.0 Å². The Bertz CT molecular complexity index is 928. The number of carboxylic acid groups (broad SMARTS) is 1. The topological polar surface area (TPSA) is 104 Å². The summed E-state index contributed by atoms with van der Waals surface area (Å²) in [4.78, 5) is 28.6. The lowest BCUT2D eigenvalue weighted by Crippen LogP contribution is -2.54. The van der Waals surface area contributed by atoms with Crippen molar-refractivity contribution >= 4 is 29.6 Å². The number of aromatic nitrogens is 4. The van der Waals surface area contributed by atoms with Gasteiger partial charge in [-0.05, 0) is 48.4 Å². The molecule has 0 aliphatic carbocycles. The fourth-order valence-electron chi connectivity index (χ4n) is 3.37. The summed E-state index contributed by atoms with van der Waals surface area (Å²) in [5, 5.41) is 21.5. The van der Waals surface area contributed by atoms with E-state index in [1.807, 2.05) is 24.0 Å². The van der Waals surface area contributed by atoms with Gasteiger partial charge in [0.05, 0.1) is 13.1 Å². The predicted molar refractivity (Wildman–Crippen MR) is 107 cm³/mol. The molecule has 1 N–H and O–H groups in total. The largest absolute Gasteiger partial charge is 0.480 e. The van der Waals surface area contributed by atoms with Gasteiger partial charge in [-0.3, -0.25) is 14.5 Å². The summed E-state index contributed by atoms with van der Waals surface area (Å²) >= 11 is 6.13. The average molecular weight is 419 g/mol. The Morgan fingerprint density at radius 2 is 2.14 bits per heavy atom. The number of carboxylic acids is 1. The minimum atomic E-state index is -0.857. The standard InChI is InChI=1S/C19H23ClN6O3/c1-13-10-24(12-19(28)29)7-8-25(13)18(27)6-4-15-3-5-17(20)9-16(15)11-26-22-14(2)21-23-26/h3-6,9,13H,7-8,10-12H2,1-2H3,(H,28,29). The lowest BCUT2D eigenvalue weighted by Gasteiger charge is -2.38. The van der Waals surface area contributed by atoms with Gasteiger partial charge in [-0.15, -0.1) is 10.2 Å². The number of halogens is 1. The van der Waals surface area contributed by atoms with Gasteiger partial charge >= 0.3 is 5.97 Å². The Morgan fingerprint density at radius 3 is 2.79 bits per heavy atom. The number of amides is 1. The molecule has 0 spiro atoms. The number of benzene rings is 1. The number of nitrogens with zero attached hydrogens (tertiary/aromatic N) is 6. The van der Waals surface area contributed by atoms with Crippen LogP contribution in [0.2, 0.25) is 5.02 Å². The Labute approximate surface area is 173 Å². The van der Waals surface area contributed by atoms with E-state index in [-0.39, 0.29) is 18.5 Å². The molecule has 1 atom stereocenters. The van der Waals surface area contributed by atoms with E-state index < -0.39 is 5.97 Å². The summed E-state index contributed by atoms with van der Waals surface area (Å²) in [5.41, 5.74) is 1.72. The van der Waals surface area contributed by atoms with Crippen molar-refractivity contribution in [2.75, 3.05) is 26.2 Å². The highest BCUT2D eigenvalue weighted by molar-refractivity contribution is 6.30. The molecule has 1 aromatic carbocycles. The molecule has 9 nitrogen and oxygen atoms in total. The van der Waals surface area contributed by atoms with E-state index in [0.717, 1.165) is 11.1 Å². The maximum absolute atomic E-state index is 12.7. The van der Waals surface area contributed by atoms with Gasteiger partial charge in [-0.25, -0.2) is 0 Å². The number of rotatable bonds is 6. The van der Waals surface area contributed by atoms with E-state index >= 15 is 0 Å². The molecule has 0 saturated carbocycles. The first kappa shape index (κ1) is 20.9. The van der Waals surface area contributed by atoms with Crippen LogP contribution in [0, 0.1) is 6.92 Å². The van der Waals surface area contributed by atoms with Crippen LogP contribution in [0.4, 0.5) is 0 Å². The normalized spacial score (nSPS) is 17.8. The number of tetrazole rings is 1. The van der Waals surface area contributed by atoms with Gasteiger partial charge in [0.15, 0.2) is 5.82 Å². The van der Waals surface area contributed by atoms with E-state index in [4.69, 9.17) is 16.7 Å². The molecule has 1 amide bonds. The second-order valence-corrected chi connectivity index (χ2v) is 7.49. The molecule has 1 aliphatic heterocycles. The van der Waals surface area contributed by atoms with Crippen molar-refractivity contribution in [3.8, 4) is 0 Å². The quantitative estimate of drug-likeness (QED) is 0.705. The lowest BCUT2D eigenvalue weighted by molar-refractivity contribution is -0.139. The second kappa shape index (κ2) is 9.15. The van der Waals surface area contributed by atoms with Gasteiger partial charge in [-0.2, -0.15) is 4.80 Å². The molecule has 10 heteroatoms. The fraction of sp³-hybridized carbons (Fsp3) is 0.421. The van der Waals surface area contributed by atoms with Crippen LogP contribution in [0.5, 0.6) is 0 Å². The van der Waals surface area contributed by atoms with Crippen LogP contribution >= 0.6 is 11.6 Å². The van der Waals surface area contributed by atoms with Crippen molar-refractivity contribution < 1.29 is 14.7 Å². The third-order valence-electron chi connectivity index (χ3n) is 4.73. The highest BCUT2D eigenvalue weighted by Gasteiger charge is 2.27. The van der Waals surface area contributed by atoms with E-state index in [9.17, 15) is 9.59 Å². The summed E-state index contributed by atoms with van der Waals surface area (Å²) in [5.74, 6) is -0.386. The SMILES string of the molecule is Cc1nnn(Cc2cc(Cl)ccc2C=CC(=O)N2CCN(CC(=O)O)CC2C)n1. The van der Waals surface area contributed by atoms with Crippen LogP contribution in [-0.4, -0.2) is 79.2 Å². The lowest BCUT2D eigenvalue weighted by atomic mass is 10.1. The highest BCUT2D eigenvalue weighted by Crippen LogP contribution is 2.19. The number of hydrogen-bond donors (Lipinski definition) is 1. The van der Waals surface area contributed by atoms with Gasteiger partial charge in [-0.1, -0.05) is 17.7 Å². The first-order valence-electron chi connectivity index (χ1n) is 9.27. The predicted octanol–water partition coefficient (Wildman–Crippen LogP) is 1.31. The molecule has 1 fully saturated rings. The van der Waals surface area contributed by atoms with Crippen LogP contribution in [-0.2, 0) is 16.1 Å². The average Bonchev–Trinajstić information content (AvgIpc) is 3.05. The summed E-state index contributed by atoms with van der Waals surface area (Å²) in [7, 11) is 0. The molecule has 3 rings (SSSR count). The van der Waals surface area contributed by atoms with Crippen molar-refractivity contribution in [2.24, 2.45) is 0 Å². The Morgan fingerprint density at radius 1 is 1.34 bits per heavy atom. The van der Waals surface area contributed by atoms with Crippen molar-refractivity contribution in [1.29, 1.82) is 0 Å². The van der Waals surface area contributed by atoms with Crippen LogP contribution < -0.4 is 0 Å². The Balaban J connectivity index is 1.69. The highest BCUT2D eigenvalue weighted by atomic mass is 35.5. The zero-order valence-electron chi connectivity index (χ0n) is 16.3. The van der Waals surface area contributed by atoms with Gasteiger partial charge in [0.1, 0.15) is 0 Å². The maximum atomic E-state index is 12.7. The zero-order chi connectivity index (χ0) is 21.0. The Hall–Kier alpha value is -2.78. The molecule has 154 valence electrons. The van der Waals surface area contributed by atoms with Crippen LogP contribution in [0.15, 0.2) is 24.3 Å². The molecule has 29 heavy (non-hydrogen) atoms. The summed E-state index contributed by atoms with van der Waals surface area (Å²) in [6.07, 6.45) is 3.30. The third kappa shape index (κ3) is 5.61. The van der Waals surface area contributed by atoms with Crippen LogP contribution in [0.3, 0.4) is 0 Å². The molecule has 1 aliphatic rings. The van der Waals surface area contributed by atoms with Crippen molar-refractivity contribution in [3.63, 3.8) is 0 Å². The zero-order valence-corrected chi connectivity index (χ0v) is 17.1. The minimum absolute atomic E-state index is 0.00780. The number of aliphatic carboxylic acids is 1. The third-order valence-corrected chi connectivity index (χ3v) is 4.96. The first-order chi connectivity index (χ1) is 13.8. The van der Waals surface area contributed by atoms with Crippen molar-refractivity contribution in [2.45, 2.75) is 26.4 Å². The molecule has 2 aromatic rings. The Kier molecular flexibility index (Phi) is 6.60. The van der Waals surface area contributed by atoms with Crippen LogP contribution in [0.25, 0.3) is 6.08 Å². The number of carbonyl (C=O) groups excluding carboxylic acids is 1. The minimum Gasteiger partial charge on any atom is -0.480 e. The fourth-order valence-corrected chi connectivity index (χ4v) is 3.56. The number of carbonyl (C=O) groups is 2. The monoisotopic (exact) mass is 418 g/mol. The van der Waals surface area contributed by atoms with Gasteiger partial charge in [0.2, 0.25) is 5.91 Å². The maximum Gasteiger partial charge on any atom is 0.317 e. The smallest absolute Gasteiger partial charge is 0.317 e. The molecule has 0 radical (unpaired) electrons. The van der Waals surface area contributed by atoms with E-state index in [0.29, 0.717) is 37.0 Å². The molecule has 1 aromatic heterocycles. The molecule has 1 unspecified atom stereocenters. The van der Waals surface area contributed by atoms with Gasteiger partial charge in [0, 0.05) is 36.8 Å². The molecule has 1 saturated heterocycles. The second-order valence-electron chi connectivity index (χ2n) is 7.05. The first-order valence-corrected chi connectivity index (χ1v) is 9.65. The summed E-state index contributed by atoms with van der Waals surface area (Å²) in [6.45, 7) is 5.64. The molecular weight excluding hydrogens is 396 g/mol. The molecule has 2 heterocycles. The van der Waals surface area contributed by atoms with Crippen molar-refractivity contribution in [3.05, 3.63) is 46.2 Å². The number of piperazine rings is 1. The number of aryl methyl sites for hydroxylation is 1. The van der Waals surface area contributed by atoms with E-state index in [2.05, 4.69) is 15.4 Å². The molecular formula is C19H23ClN6O3. The van der Waals surface area contributed by atoms with Crippen molar-refractivity contribution in [1.82, 2.24) is 30.0 Å². The molecule has 0 bridgehead atoms. The summed E-state index contributed by atoms with van der Waals surface area (Å²) < 4.78 is 0.